The first-order valence-corrected chi connectivity index (χ1v) is 12.8. The molecule has 0 radical (unpaired) electrons. The molecule has 5 rings (SSSR count). The second-order valence-electron chi connectivity index (χ2n) is 9.23. The third-order valence-corrected chi connectivity index (χ3v) is 7.53. The zero-order chi connectivity index (χ0) is 24.4. The molecule has 2 amide bonds. The van der Waals surface area contributed by atoms with Crippen LogP contribution in [0.15, 0.2) is 48.5 Å². The summed E-state index contributed by atoms with van der Waals surface area (Å²) in [5.41, 5.74) is 1.57. The van der Waals surface area contributed by atoms with E-state index in [1.807, 2.05) is 43.3 Å². The predicted octanol–water partition coefficient (Wildman–Crippen LogP) is 2.54. The Hall–Kier alpha value is -2.85. The van der Waals surface area contributed by atoms with Gasteiger partial charge in [-0.1, -0.05) is 18.2 Å². The number of nitrogens with zero attached hydrogens (tertiary/aromatic N) is 4. The number of anilines is 1. The van der Waals surface area contributed by atoms with Crippen molar-refractivity contribution in [3.05, 3.63) is 53.5 Å². The number of fused-ring (bicyclic) bond motifs is 1. The number of ether oxygens (including phenoxy) is 1. The third-order valence-electron chi connectivity index (χ3n) is 6.58. The SMILES string of the molecule is Cc1nc2cc(OC[C@H](O)CN3CCN(CC4CC(=O)N(c5ccccc5)C4=O)CC3)ccc2s1. The summed E-state index contributed by atoms with van der Waals surface area (Å²) in [5, 5.41) is 11.5. The first-order chi connectivity index (χ1) is 17.0. The molecule has 2 aromatic carbocycles. The minimum absolute atomic E-state index is 0.109. The molecule has 2 fully saturated rings. The van der Waals surface area contributed by atoms with Gasteiger partial charge in [-0.3, -0.25) is 24.3 Å². The second-order valence-corrected chi connectivity index (χ2v) is 10.5. The number of β-amino-alcohol motifs (C(OH)–C–C–N with tert-alkyl or cyclic N) is 1. The number of imide groups is 1. The Bertz CT molecular complexity index is 1190. The van der Waals surface area contributed by atoms with Gasteiger partial charge >= 0.3 is 0 Å². The summed E-state index contributed by atoms with van der Waals surface area (Å²) in [5.74, 6) is 0.179. The average molecular weight is 495 g/mol. The van der Waals surface area contributed by atoms with E-state index in [4.69, 9.17) is 4.74 Å². The highest BCUT2D eigenvalue weighted by atomic mass is 32.1. The van der Waals surface area contributed by atoms with Crippen molar-refractivity contribution >= 4 is 39.1 Å². The molecule has 2 atom stereocenters. The van der Waals surface area contributed by atoms with Crippen molar-refractivity contribution in [1.29, 1.82) is 0 Å². The number of aryl methyl sites for hydroxylation is 1. The molecule has 0 spiro atoms. The molecule has 184 valence electrons. The Kier molecular flexibility index (Phi) is 7.10. The number of hydrogen-bond acceptors (Lipinski definition) is 8. The van der Waals surface area contributed by atoms with Gasteiger partial charge in [0.1, 0.15) is 18.5 Å². The van der Waals surface area contributed by atoms with Crippen LogP contribution in [-0.4, -0.2) is 83.7 Å². The van der Waals surface area contributed by atoms with Gasteiger partial charge in [0.2, 0.25) is 11.8 Å². The fraction of sp³-hybridized carbons (Fsp3) is 0.423. The van der Waals surface area contributed by atoms with E-state index in [-0.39, 0.29) is 30.8 Å². The maximum Gasteiger partial charge on any atom is 0.238 e. The fourth-order valence-electron chi connectivity index (χ4n) is 4.81. The number of thiazole rings is 1. The molecule has 9 heteroatoms. The lowest BCUT2D eigenvalue weighted by Gasteiger charge is -2.36. The van der Waals surface area contributed by atoms with E-state index in [1.165, 1.54) is 4.90 Å². The number of aliphatic hydroxyl groups is 1. The second kappa shape index (κ2) is 10.4. The minimum atomic E-state index is -0.595. The van der Waals surface area contributed by atoms with Crippen LogP contribution in [0.5, 0.6) is 5.75 Å². The number of rotatable bonds is 8. The number of aromatic nitrogens is 1. The summed E-state index contributed by atoms with van der Waals surface area (Å²) in [6.45, 7) is 6.55. The van der Waals surface area contributed by atoms with Crippen LogP contribution in [0.25, 0.3) is 10.2 Å². The monoisotopic (exact) mass is 494 g/mol. The van der Waals surface area contributed by atoms with Crippen LogP contribution in [0, 0.1) is 12.8 Å². The molecule has 8 nitrogen and oxygen atoms in total. The number of benzene rings is 2. The fourth-order valence-corrected chi connectivity index (χ4v) is 5.61. The molecular formula is C26H30N4O4S. The topological polar surface area (TPSA) is 86.2 Å². The van der Waals surface area contributed by atoms with Gasteiger partial charge in [-0.25, -0.2) is 4.98 Å². The lowest BCUT2D eigenvalue weighted by Crippen LogP contribution is -2.50. The van der Waals surface area contributed by atoms with Gasteiger partial charge in [0.05, 0.1) is 26.8 Å². The molecule has 2 aliphatic rings. The molecule has 1 N–H and O–H groups in total. The molecule has 1 aromatic heterocycles. The number of hydrogen-bond donors (Lipinski definition) is 1. The molecule has 0 bridgehead atoms. The quantitative estimate of drug-likeness (QED) is 0.482. The molecular weight excluding hydrogens is 464 g/mol. The van der Waals surface area contributed by atoms with Gasteiger partial charge in [0.15, 0.2) is 0 Å². The number of amides is 2. The van der Waals surface area contributed by atoms with Crippen LogP contribution in [0.3, 0.4) is 0 Å². The van der Waals surface area contributed by atoms with Crippen LogP contribution in [-0.2, 0) is 9.59 Å². The molecule has 0 aliphatic carbocycles. The normalized spacial score (nSPS) is 20.6. The summed E-state index contributed by atoms with van der Waals surface area (Å²) in [6, 6.07) is 15.0. The van der Waals surface area contributed by atoms with Gasteiger partial charge in [-0.05, 0) is 31.2 Å². The maximum atomic E-state index is 12.9. The van der Waals surface area contributed by atoms with E-state index in [0.717, 1.165) is 41.4 Å². The van der Waals surface area contributed by atoms with Crippen molar-refractivity contribution in [3.8, 4) is 5.75 Å². The van der Waals surface area contributed by atoms with Crippen molar-refractivity contribution in [3.63, 3.8) is 0 Å². The van der Waals surface area contributed by atoms with Crippen molar-refractivity contribution in [1.82, 2.24) is 14.8 Å². The first-order valence-electron chi connectivity index (χ1n) is 12.0. The van der Waals surface area contributed by atoms with Crippen molar-refractivity contribution < 1.29 is 19.4 Å². The van der Waals surface area contributed by atoms with E-state index in [9.17, 15) is 14.7 Å². The third kappa shape index (κ3) is 5.54. The highest BCUT2D eigenvalue weighted by Crippen LogP contribution is 2.27. The Morgan fingerprint density at radius 2 is 1.83 bits per heavy atom. The highest BCUT2D eigenvalue weighted by molar-refractivity contribution is 7.18. The molecule has 2 aliphatic heterocycles. The number of aliphatic hydroxyl groups excluding tert-OH is 1. The van der Waals surface area contributed by atoms with Crippen LogP contribution >= 0.6 is 11.3 Å². The summed E-state index contributed by atoms with van der Waals surface area (Å²) >= 11 is 1.65. The number of para-hydroxylation sites is 1. The van der Waals surface area contributed by atoms with Crippen molar-refractivity contribution in [2.75, 3.05) is 50.8 Å². The molecule has 35 heavy (non-hydrogen) atoms. The smallest absolute Gasteiger partial charge is 0.238 e. The van der Waals surface area contributed by atoms with Crippen molar-refractivity contribution in [2.24, 2.45) is 5.92 Å². The summed E-state index contributed by atoms with van der Waals surface area (Å²) < 4.78 is 6.94. The summed E-state index contributed by atoms with van der Waals surface area (Å²) in [6.07, 6.45) is -0.334. The Labute approximate surface area is 208 Å². The Morgan fingerprint density at radius 1 is 1.09 bits per heavy atom. The Balaban J connectivity index is 1.06. The van der Waals surface area contributed by atoms with Gasteiger partial charge in [-0.15, -0.1) is 11.3 Å². The van der Waals surface area contributed by atoms with Crippen LogP contribution in [0.1, 0.15) is 11.4 Å². The summed E-state index contributed by atoms with van der Waals surface area (Å²) in [7, 11) is 0. The average Bonchev–Trinajstić information content (AvgIpc) is 3.36. The molecule has 2 saturated heterocycles. The van der Waals surface area contributed by atoms with E-state index in [1.54, 1.807) is 23.5 Å². The van der Waals surface area contributed by atoms with E-state index >= 15 is 0 Å². The molecule has 1 unspecified atom stereocenters. The number of piperazine rings is 1. The van der Waals surface area contributed by atoms with Crippen LogP contribution in [0.4, 0.5) is 5.69 Å². The molecule has 3 heterocycles. The van der Waals surface area contributed by atoms with E-state index in [2.05, 4.69) is 14.8 Å². The highest BCUT2D eigenvalue weighted by Gasteiger charge is 2.40. The predicted molar refractivity (Wildman–Crippen MR) is 136 cm³/mol. The Morgan fingerprint density at radius 3 is 2.60 bits per heavy atom. The van der Waals surface area contributed by atoms with Gasteiger partial charge < -0.3 is 9.84 Å². The standard InChI is InChI=1S/C26H30N4O4S/c1-18-27-23-14-22(7-8-24(23)35-18)34-17-21(31)16-29-11-9-28(10-12-29)15-19-13-25(32)30(26(19)33)20-5-3-2-4-6-20/h2-8,14,19,21,31H,9-13,15-17H2,1H3/t19?,21-/m1/s1. The van der Waals surface area contributed by atoms with Gasteiger partial charge in [-0.2, -0.15) is 0 Å². The largest absolute Gasteiger partial charge is 0.491 e. The van der Waals surface area contributed by atoms with Gasteiger partial charge in [0, 0.05) is 51.8 Å². The lowest BCUT2D eigenvalue weighted by atomic mass is 10.1. The zero-order valence-electron chi connectivity index (χ0n) is 19.8. The van der Waals surface area contributed by atoms with Crippen LogP contribution in [0.2, 0.25) is 0 Å². The van der Waals surface area contributed by atoms with Crippen molar-refractivity contribution in [2.45, 2.75) is 19.4 Å². The lowest BCUT2D eigenvalue weighted by molar-refractivity contribution is -0.122. The maximum absolute atomic E-state index is 12.9. The van der Waals surface area contributed by atoms with E-state index in [0.29, 0.717) is 24.5 Å². The first kappa shape index (κ1) is 23.9. The van der Waals surface area contributed by atoms with E-state index < -0.39 is 6.10 Å². The summed E-state index contributed by atoms with van der Waals surface area (Å²) in [4.78, 5) is 35.6. The molecule has 3 aromatic rings. The van der Waals surface area contributed by atoms with Crippen LogP contribution < -0.4 is 9.64 Å². The minimum Gasteiger partial charge on any atom is -0.491 e. The van der Waals surface area contributed by atoms with Gasteiger partial charge in [0.25, 0.3) is 0 Å². The number of carbonyl (C=O) groups is 2. The number of carbonyl (C=O) groups excluding carboxylic acids is 2. The zero-order valence-corrected chi connectivity index (χ0v) is 20.6. The molecule has 0 saturated carbocycles.